The monoisotopic (exact) mass is 302 g/mol. The molecule has 0 radical (unpaired) electrons. The molecule has 2 unspecified atom stereocenters. The number of primary amides is 1. The molecule has 2 N–H and O–H groups in total. The van der Waals surface area contributed by atoms with E-state index in [9.17, 15) is 4.79 Å². The topological polar surface area (TPSA) is 74.4 Å². The standard InChI is InChI=1S/C17H22N2O3/c1-21-14(15(18)20)17(13-6-2-5-10-19-13)9-11-22-16(12-17)7-3-4-8-16/h2-3,5-7,10,14H,4,8-9,11-12H2,1H3,(H2,18,20)/t14-,16?,17?/m0/s1. The molecule has 1 aromatic heterocycles. The van der Waals surface area contributed by atoms with Crippen LogP contribution >= 0.6 is 0 Å². The summed E-state index contributed by atoms with van der Waals surface area (Å²) in [6.07, 6.45) is 8.55. The van der Waals surface area contributed by atoms with Crippen LogP contribution in [0.2, 0.25) is 0 Å². The van der Waals surface area contributed by atoms with Crippen LogP contribution in [0.15, 0.2) is 36.5 Å². The summed E-state index contributed by atoms with van der Waals surface area (Å²) in [4.78, 5) is 16.5. The lowest BCUT2D eigenvalue weighted by atomic mass is 9.66. The number of hydrogen-bond acceptors (Lipinski definition) is 4. The molecular formula is C17H22N2O3. The Morgan fingerprint density at radius 2 is 2.32 bits per heavy atom. The van der Waals surface area contributed by atoms with Gasteiger partial charge in [0.2, 0.25) is 5.91 Å². The lowest BCUT2D eigenvalue weighted by Gasteiger charge is -2.47. The quantitative estimate of drug-likeness (QED) is 0.859. The first-order valence-electron chi connectivity index (χ1n) is 7.67. The number of carbonyl (C=O) groups is 1. The van der Waals surface area contributed by atoms with Gasteiger partial charge in [0.25, 0.3) is 0 Å². The molecule has 1 saturated heterocycles. The predicted octanol–water partition coefficient (Wildman–Crippen LogP) is 1.72. The average molecular weight is 302 g/mol. The van der Waals surface area contributed by atoms with Crippen molar-refractivity contribution in [2.45, 2.75) is 42.8 Å². The van der Waals surface area contributed by atoms with Crippen molar-refractivity contribution in [3.05, 3.63) is 42.2 Å². The maximum Gasteiger partial charge on any atom is 0.247 e. The lowest BCUT2D eigenvalue weighted by Crippen LogP contribution is -2.56. The molecule has 0 bridgehead atoms. The zero-order valence-electron chi connectivity index (χ0n) is 12.8. The molecule has 1 amide bonds. The van der Waals surface area contributed by atoms with Crippen LogP contribution in [0, 0.1) is 0 Å². The number of allylic oxidation sites excluding steroid dienone is 1. The molecule has 1 aliphatic carbocycles. The van der Waals surface area contributed by atoms with Crippen LogP contribution in [0.4, 0.5) is 0 Å². The van der Waals surface area contributed by atoms with Crippen LogP contribution in [0.1, 0.15) is 31.4 Å². The maximum absolute atomic E-state index is 12.0. The summed E-state index contributed by atoms with van der Waals surface area (Å²) in [6.45, 7) is 0.564. The molecule has 118 valence electrons. The number of pyridine rings is 1. The van der Waals surface area contributed by atoms with Crippen LogP contribution < -0.4 is 5.73 Å². The third-order valence-electron chi connectivity index (χ3n) is 4.88. The fourth-order valence-electron chi connectivity index (χ4n) is 3.93. The highest BCUT2D eigenvalue weighted by Gasteiger charge is 2.53. The number of hydrogen-bond donors (Lipinski definition) is 1. The molecule has 0 saturated carbocycles. The first-order chi connectivity index (χ1) is 10.6. The summed E-state index contributed by atoms with van der Waals surface area (Å²) in [6, 6.07) is 5.75. The van der Waals surface area contributed by atoms with E-state index in [4.69, 9.17) is 15.2 Å². The maximum atomic E-state index is 12.0. The summed E-state index contributed by atoms with van der Waals surface area (Å²) in [7, 11) is 1.53. The molecule has 1 spiro atoms. The molecule has 1 aromatic rings. The third kappa shape index (κ3) is 2.44. The van der Waals surface area contributed by atoms with Gasteiger partial charge in [-0.25, -0.2) is 0 Å². The van der Waals surface area contributed by atoms with E-state index in [1.807, 2.05) is 18.2 Å². The van der Waals surface area contributed by atoms with Gasteiger partial charge in [0.05, 0.1) is 11.0 Å². The number of aromatic nitrogens is 1. The molecule has 2 aliphatic rings. The number of rotatable bonds is 4. The van der Waals surface area contributed by atoms with Crippen molar-refractivity contribution in [2.24, 2.45) is 5.73 Å². The van der Waals surface area contributed by atoms with Crippen molar-refractivity contribution < 1.29 is 14.3 Å². The van der Waals surface area contributed by atoms with E-state index in [0.29, 0.717) is 19.4 Å². The van der Waals surface area contributed by atoms with E-state index in [0.717, 1.165) is 18.5 Å². The SMILES string of the molecule is CO[C@@H](C(N)=O)C1(c2ccccn2)CCOC2(C=CCC2)C1. The summed E-state index contributed by atoms with van der Waals surface area (Å²) >= 11 is 0. The van der Waals surface area contributed by atoms with E-state index in [1.54, 1.807) is 6.20 Å². The van der Waals surface area contributed by atoms with Gasteiger partial charge >= 0.3 is 0 Å². The Hall–Kier alpha value is -1.72. The molecule has 1 aliphatic heterocycles. The summed E-state index contributed by atoms with van der Waals surface area (Å²) in [5.74, 6) is -0.452. The van der Waals surface area contributed by atoms with Crippen molar-refractivity contribution in [3.63, 3.8) is 0 Å². The van der Waals surface area contributed by atoms with Crippen molar-refractivity contribution in [1.29, 1.82) is 0 Å². The number of carbonyl (C=O) groups excluding carboxylic acids is 1. The van der Waals surface area contributed by atoms with Crippen molar-refractivity contribution in [3.8, 4) is 0 Å². The Morgan fingerprint density at radius 3 is 2.91 bits per heavy atom. The van der Waals surface area contributed by atoms with Gasteiger partial charge in [-0.3, -0.25) is 9.78 Å². The summed E-state index contributed by atoms with van der Waals surface area (Å²) < 4.78 is 11.6. The van der Waals surface area contributed by atoms with Gasteiger partial charge in [-0.15, -0.1) is 0 Å². The second kappa shape index (κ2) is 5.82. The van der Waals surface area contributed by atoms with Crippen LogP contribution in [-0.4, -0.2) is 36.3 Å². The Labute approximate surface area is 130 Å². The predicted molar refractivity (Wildman–Crippen MR) is 82.2 cm³/mol. The molecule has 22 heavy (non-hydrogen) atoms. The van der Waals surface area contributed by atoms with E-state index in [-0.39, 0.29) is 5.60 Å². The molecule has 5 heteroatoms. The van der Waals surface area contributed by atoms with Crippen molar-refractivity contribution in [2.75, 3.05) is 13.7 Å². The molecule has 2 heterocycles. The van der Waals surface area contributed by atoms with Gasteiger partial charge in [0.15, 0.2) is 0 Å². The Bertz CT molecular complexity index is 575. The van der Waals surface area contributed by atoms with E-state index in [1.165, 1.54) is 7.11 Å². The van der Waals surface area contributed by atoms with E-state index < -0.39 is 17.4 Å². The number of nitrogens with two attached hydrogens (primary N) is 1. The van der Waals surface area contributed by atoms with Gasteiger partial charge < -0.3 is 15.2 Å². The fourth-order valence-corrected chi connectivity index (χ4v) is 3.93. The first-order valence-corrected chi connectivity index (χ1v) is 7.67. The third-order valence-corrected chi connectivity index (χ3v) is 4.88. The second-order valence-corrected chi connectivity index (χ2v) is 6.17. The molecule has 5 nitrogen and oxygen atoms in total. The summed E-state index contributed by atoms with van der Waals surface area (Å²) in [5.41, 5.74) is 5.61. The molecule has 3 rings (SSSR count). The summed E-state index contributed by atoms with van der Waals surface area (Å²) in [5, 5.41) is 0. The van der Waals surface area contributed by atoms with Gasteiger partial charge in [-0.1, -0.05) is 18.2 Å². The first kappa shape index (κ1) is 15.2. The van der Waals surface area contributed by atoms with Gasteiger partial charge in [0.1, 0.15) is 6.10 Å². The number of nitrogens with zero attached hydrogens (tertiary/aromatic N) is 1. The minimum atomic E-state index is -0.711. The van der Waals surface area contributed by atoms with Gasteiger partial charge in [0, 0.05) is 25.6 Å². The van der Waals surface area contributed by atoms with Crippen LogP contribution in [-0.2, 0) is 19.7 Å². The zero-order valence-corrected chi connectivity index (χ0v) is 12.8. The zero-order chi connectivity index (χ0) is 15.6. The average Bonchev–Trinajstić information content (AvgIpc) is 2.96. The minimum absolute atomic E-state index is 0.331. The number of amides is 1. The van der Waals surface area contributed by atoms with E-state index >= 15 is 0 Å². The molecule has 0 aromatic carbocycles. The largest absolute Gasteiger partial charge is 0.371 e. The molecular weight excluding hydrogens is 280 g/mol. The second-order valence-electron chi connectivity index (χ2n) is 6.17. The van der Waals surface area contributed by atoms with Gasteiger partial charge in [-0.05, 0) is 37.8 Å². The van der Waals surface area contributed by atoms with Gasteiger partial charge in [-0.2, -0.15) is 0 Å². The number of ether oxygens (including phenoxy) is 2. The smallest absolute Gasteiger partial charge is 0.247 e. The van der Waals surface area contributed by atoms with Crippen LogP contribution in [0.5, 0.6) is 0 Å². The normalized spacial score (nSPS) is 32.2. The van der Waals surface area contributed by atoms with E-state index in [2.05, 4.69) is 17.1 Å². The highest BCUT2D eigenvalue weighted by atomic mass is 16.5. The Balaban J connectivity index is 2.07. The number of methoxy groups -OCH3 is 1. The highest BCUT2D eigenvalue weighted by Crippen LogP contribution is 2.48. The minimum Gasteiger partial charge on any atom is -0.371 e. The van der Waals surface area contributed by atoms with Crippen LogP contribution in [0.3, 0.4) is 0 Å². The molecule has 3 atom stereocenters. The van der Waals surface area contributed by atoms with Crippen molar-refractivity contribution >= 4 is 5.91 Å². The Morgan fingerprint density at radius 1 is 1.45 bits per heavy atom. The highest BCUT2D eigenvalue weighted by molar-refractivity contribution is 5.81. The molecule has 1 fully saturated rings. The Kier molecular flexibility index (Phi) is 4.02. The van der Waals surface area contributed by atoms with Crippen molar-refractivity contribution in [1.82, 2.24) is 4.98 Å². The lowest BCUT2D eigenvalue weighted by molar-refractivity contribution is -0.144. The fraction of sp³-hybridized carbons (Fsp3) is 0.529. The van der Waals surface area contributed by atoms with Crippen LogP contribution in [0.25, 0.3) is 0 Å².